The number of ether oxygens (including phenoxy) is 1. The molecule has 5 heteroatoms. The van der Waals surface area contributed by atoms with E-state index in [9.17, 15) is 4.79 Å². The number of likely N-dealkylation sites (tertiary alicyclic amines) is 1. The molecule has 2 atom stereocenters. The SMILES string of the molecule is O=C(CC1CCN(Cc2ccccc2)CC1)N[C@@H]1COC[C@H]1Cc1ccncc1. The van der Waals surface area contributed by atoms with Gasteiger partial charge in [0.15, 0.2) is 0 Å². The van der Waals surface area contributed by atoms with E-state index in [1.165, 1.54) is 11.1 Å². The lowest BCUT2D eigenvalue weighted by Crippen LogP contribution is -2.42. The van der Waals surface area contributed by atoms with Gasteiger partial charge in [0.25, 0.3) is 0 Å². The molecule has 0 unspecified atom stereocenters. The summed E-state index contributed by atoms with van der Waals surface area (Å²) in [4.78, 5) is 19.2. The van der Waals surface area contributed by atoms with Crippen LogP contribution >= 0.6 is 0 Å². The van der Waals surface area contributed by atoms with Gasteiger partial charge in [0.1, 0.15) is 0 Å². The Balaban J connectivity index is 1.20. The van der Waals surface area contributed by atoms with Gasteiger partial charge in [0.05, 0.1) is 19.3 Å². The molecule has 0 radical (unpaired) electrons. The molecule has 2 fully saturated rings. The molecule has 1 amide bonds. The Morgan fingerprint density at radius 2 is 1.79 bits per heavy atom. The van der Waals surface area contributed by atoms with Crippen molar-refractivity contribution in [2.24, 2.45) is 11.8 Å². The fourth-order valence-electron chi connectivity index (χ4n) is 4.50. The highest BCUT2D eigenvalue weighted by atomic mass is 16.5. The van der Waals surface area contributed by atoms with Gasteiger partial charge in [-0.2, -0.15) is 0 Å². The lowest BCUT2D eigenvalue weighted by molar-refractivity contribution is -0.123. The van der Waals surface area contributed by atoms with Crippen LogP contribution < -0.4 is 5.32 Å². The molecule has 4 rings (SSSR count). The molecule has 3 heterocycles. The third-order valence-corrected chi connectivity index (χ3v) is 6.22. The maximum absolute atomic E-state index is 12.6. The molecule has 5 nitrogen and oxygen atoms in total. The van der Waals surface area contributed by atoms with Crippen molar-refractivity contribution in [1.82, 2.24) is 15.2 Å². The molecule has 2 aliphatic rings. The number of hydrogen-bond acceptors (Lipinski definition) is 4. The van der Waals surface area contributed by atoms with E-state index >= 15 is 0 Å². The van der Waals surface area contributed by atoms with E-state index in [0.29, 0.717) is 31.5 Å². The predicted molar refractivity (Wildman–Crippen MR) is 113 cm³/mol. The van der Waals surface area contributed by atoms with Crippen LogP contribution in [0.1, 0.15) is 30.4 Å². The molecule has 0 bridgehead atoms. The minimum absolute atomic E-state index is 0.119. The number of carbonyl (C=O) groups excluding carboxylic acids is 1. The van der Waals surface area contributed by atoms with Gasteiger partial charge >= 0.3 is 0 Å². The van der Waals surface area contributed by atoms with Crippen molar-refractivity contribution < 1.29 is 9.53 Å². The highest BCUT2D eigenvalue weighted by Gasteiger charge is 2.30. The molecule has 2 aromatic rings. The Hall–Kier alpha value is -2.24. The van der Waals surface area contributed by atoms with E-state index in [1.807, 2.05) is 24.5 Å². The van der Waals surface area contributed by atoms with Crippen LogP contribution in [-0.2, 0) is 22.5 Å². The Kier molecular flexibility index (Phi) is 6.91. The van der Waals surface area contributed by atoms with Crippen LogP contribution in [0.15, 0.2) is 54.9 Å². The standard InChI is InChI=1S/C24H31N3O2/c28-24(26-23-18-29-17-22(23)14-19-6-10-25-11-7-19)15-20-8-12-27(13-9-20)16-21-4-2-1-3-5-21/h1-7,10-11,20,22-23H,8-9,12-18H2,(H,26,28)/t22-,23-/m1/s1. The molecule has 0 saturated carbocycles. The fraction of sp³-hybridized carbons (Fsp3) is 0.500. The van der Waals surface area contributed by atoms with Crippen LogP contribution in [0.3, 0.4) is 0 Å². The van der Waals surface area contributed by atoms with Crippen molar-refractivity contribution in [3.63, 3.8) is 0 Å². The normalized spacial score (nSPS) is 23.2. The van der Waals surface area contributed by atoms with Crippen LogP contribution in [0.25, 0.3) is 0 Å². The molecule has 1 aromatic heterocycles. The molecule has 2 aliphatic heterocycles. The zero-order chi connectivity index (χ0) is 19.9. The predicted octanol–water partition coefficient (Wildman–Crippen LogP) is 3.06. The summed E-state index contributed by atoms with van der Waals surface area (Å²) in [6.07, 6.45) is 7.40. The summed E-state index contributed by atoms with van der Waals surface area (Å²) in [5.41, 5.74) is 2.62. The number of nitrogens with one attached hydrogen (secondary N) is 1. The number of rotatable bonds is 7. The van der Waals surface area contributed by atoms with E-state index in [0.717, 1.165) is 38.9 Å². The monoisotopic (exact) mass is 393 g/mol. The smallest absolute Gasteiger partial charge is 0.220 e. The quantitative estimate of drug-likeness (QED) is 0.786. The van der Waals surface area contributed by atoms with Crippen molar-refractivity contribution in [2.45, 2.75) is 38.3 Å². The minimum atomic E-state index is 0.119. The summed E-state index contributed by atoms with van der Waals surface area (Å²) in [5.74, 6) is 1.01. The molecular formula is C24H31N3O2. The average molecular weight is 394 g/mol. The van der Waals surface area contributed by atoms with Crippen molar-refractivity contribution in [3.8, 4) is 0 Å². The van der Waals surface area contributed by atoms with Crippen LogP contribution in [-0.4, -0.2) is 48.1 Å². The van der Waals surface area contributed by atoms with Crippen molar-refractivity contribution in [2.75, 3.05) is 26.3 Å². The maximum atomic E-state index is 12.6. The minimum Gasteiger partial charge on any atom is -0.379 e. The zero-order valence-electron chi connectivity index (χ0n) is 17.0. The summed E-state index contributed by atoms with van der Waals surface area (Å²) >= 11 is 0. The third kappa shape index (κ3) is 5.87. The number of pyridine rings is 1. The molecular weight excluding hydrogens is 362 g/mol. The molecule has 2 saturated heterocycles. The topological polar surface area (TPSA) is 54.5 Å². The lowest BCUT2D eigenvalue weighted by Gasteiger charge is -2.32. The zero-order valence-corrected chi connectivity index (χ0v) is 17.0. The van der Waals surface area contributed by atoms with Crippen LogP contribution in [0.4, 0.5) is 0 Å². The van der Waals surface area contributed by atoms with Gasteiger partial charge in [-0.05, 0) is 61.5 Å². The number of benzene rings is 1. The van der Waals surface area contributed by atoms with E-state index in [-0.39, 0.29) is 11.9 Å². The summed E-state index contributed by atoms with van der Waals surface area (Å²) in [6, 6.07) is 14.8. The van der Waals surface area contributed by atoms with Crippen molar-refractivity contribution in [3.05, 3.63) is 66.0 Å². The number of hydrogen-bond donors (Lipinski definition) is 1. The first kappa shape index (κ1) is 20.0. The first-order valence-corrected chi connectivity index (χ1v) is 10.8. The number of carbonyl (C=O) groups is 1. The Bertz CT molecular complexity index is 760. The van der Waals surface area contributed by atoms with Gasteiger partial charge in [-0.3, -0.25) is 14.7 Å². The summed E-state index contributed by atoms with van der Waals surface area (Å²) in [7, 11) is 0. The summed E-state index contributed by atoms with van der Waals surface area (Å²) in [6.45, 7) is 4.49. The van der Waals surface area contributed by atoms with E-state index < -0.39 is 0 Å². The van der Waals surface area contributed by atoms with E-state index in [2.05, 4.69) is 45.5 Å². The second-order valence-corrected chi connectivity index (χ2v) is 8.44. The summed E-state index contributed by atoms with van der Waals surface area (Å²) in [5, 5.41) is 3.25. The van der Waals surface area contributed by atoms with Gasteiger partial charge in [-0.15, -0.1) is 0 Å². The Morgan fingerprint density at radius 3 is 2.55 bits per heavy atom. The fourth-order valence-corrected chi connectivity index (χ4v) is 4.50. The van der Waals surface area contributed by atoms with E-state index in [4.69, 9.17) is 4.74 Å². The average Bonchev–Trinajstić information content (AvgIpc) is 3.17. The lowest BCUT2D eigenvalue weighted by atomic mass is 9.92. The highest BCUT2D eigenvalue weighted by molar-refractivity contribution is 5.76. The number of aromatic nitrogens is 1. The van der Waals surface area contributed by atoms with Gasteiger partial charge in [-0.25, -0.2) is 0 Å². The number of piperidine rings is 1. The first-order chi connectivity index (χ1) is 14.3. The second-order valence-electron chi connectivity index (χ2n) is 8.44. The molecule has 154 valence electrons. The second kappa shape index (κ2) is 9.99. The number of amides is 1. The maximum Gasteiger partial charge on any atom is 0.220 e. The van der Waals surface area contributed by atoms with Crippen molar-refractivity contribution >= 4 is 5.91 Å². The van der Waals surface area contributed by atoms with Crippen LogP contribution in [0, 0.1) is 11.8 Å². The van der Waals surface area contributed by atoms with Gasteiger partial charge in [0, 0.05) is 31.3 Å². The molecule has 1 aromatic carbocycles. The van der Waals surface area contributed by atoms with Gasteiger partial charge in [-0.1, -0.05) is 30.3 Å². The molecule has 0 spiro atoms. The van der Waals surface area contributed by atoms with Crippen molar-refractivity contribution in [1.29, 1.82) is 0 Å². The number of nitrogens with zero attached hydrogens (tertiary/aromatic N) is 2. The Labute approximate surface area is 173 Å². The highest BCUT2D eigenvalue weighted by Crippen LogP contribution is 2.23. The third-order valence-electron chi connectivity index (χ3n) is 6.22. The molecule has 1 N–H and O–H groups in total. The Morgan fingerprint density at radius 1 is 1.03 bits per heavy atom. The van der Waals surface area contributed by atoms with Gasteiger partial charge in [0.2, 0.25) is 5.91 Å². The van der Waals surface area contributed by atoms with Crippen LogP contribution in [0.2, 0.25) is 0 Å². The summed E-state index contributed by atoms with van der Waals surface area (Å²) < 4.78 is 5.67. The largest absolute Gasteiger partial charge is 0.379 e. The van der Waals surface area contributed by atoms with Gasteiger partial charge < -0.3 is 10.1 Å². The van der Waals surface area contributed by atoms with E-state index in [1.54, 1.807) is 0 Å². The molecule has 0 aliphatic carbocycles. The first-order valence-electron chi connectivity index (χ1n) is 10.8. The molecule has 29 heavy (non-hydrogen) atoms. The van der Waals surface area contributed by atoms with Crippen LogP contribution in [0.5, 0.6) is 0 Å².